The number of carbonyl (C=O) groups excluding carboxylic acids is 1. The van der Waals surface area contributed by atoms with Crippen molar-refractivity contribution < 1.29 is 38.3 Å². The van der Waals surface area contributed by atoms with Crippen LogP contribution in [-0.2, 0) is 0 Å². The molecular weight excluding hydrogens is 380 g/mol. The van der Waals surface area contributed by atoms with E-state index in [1.54, 1.807) is 18.2 Å². The minimum Gasteiger partial charge on any atom is -0.507 e. The number of ether oxygens (including phenoxy) is 6. The number of ketones is 1. The molecule has 0 amide bonds. The summed E-state index contributed by atoms with van der Waals surface area (Å²) < 4.78 is 31.6. The van der Waals surface area contributed by atoms with Crippen molar-refractivity contribution in [3.63, 3.8) is 0 Å². The summed E-state index contributed by atoms with van der Waals surface area (Å²) in [5.41, 5.74) is 0.584. The lowest BCUT2D eigenvalue weighted by Gasteiger charge is -2.16. The molecule has 2 aromatic carbocycles. The number of rotatable bonds is 9. The molecular formula is C21H24O8. The fourth-order valence-corrected chi connectivity index (χ4v) is 2.83. The first kappa shape index (κ1) is 21.7. The maximum atomic E-state index is 12.8. The van der Waals surface area contributed by atoms with E-state index in [4.69, 9.17) is 28.4 Å². The predicted molar refractivity (Wildman–Crippen MR) is 107 cm³/mol. The standard InChI is InChI=1S/C21H24O8/c1-24-15-9-12(10-16(25-2)19(15)27-4)7-8-13(22)18-14(23)11-17(26-3)20(28-5)21(18)29-6/h7-11,23H,1-6H3. The van der Waals surface area contributed by atoms with Gasteiger partial charge in [0, 0.05) is 6.07 Å². The topological polar surface area (TPSA) is 92.7 Å². The molecule has 0 spiro atoms. The van der Waals surface area contributed by atoms with E-state index in [1.165, 1.54) is 54.8 Å². The highest BCUT2D eigenvalue weighted by Crippen LogP contribution is 2.45. The molecule has 0 aliphatic rings. The monoisotopic (exact) mass is 404 g/mol. The Morgan fingerprint density at radius 2 is 1.21 bits per heavy atom. The summed E-state index contributed by atoms with van der Waals surface area (Å²) in [4.78, 5) is 12.8. The van der Waals surface area contributed by atoms with Gasteiger partial charge in [-0.15, -0.1) is 0 Å². The number of carbonyl (C=O) groups is 1. The van der Waals surface area contributed by atoms with Crippen LogP contribution >= 0.6 is 0 Å². The average Bonchev–Trinajstić information content (AvgIpc) is 2.75. The Balaban J connectivity index is 2.49. The van der Waals surface area contributed by atoms with Gasteiger partial charge in [0.15, 0.2) is 28.8 Å². The van der Waals surface area contributed by atoms with Crippen LogP contribution < -0.4 is 28.4 Å². The van der Waals surface area contributed by atoms with Gasteiger partial charge in [-0.25, -0.2) is 0 Å². The van der Waals surface area contributed by atoms with Gasteiger partial charge in [0.05, 0.1) is 42.7 Å². The van der Waals surface area contributed by atoms with E-state index < -0.39 is 5.78 Å². The molecule has 2 aromatic rings. The summed E-state index contributed by atoms with van der Waals surface area (Å²) in [7, 11) is 8.72. The van der Waals surface area contributed by atoms with Gasteiger partial charge in [-0.3, -0.25) is 4.79 Å². The molecule has 0 aliphatic carbocycles. The second-order valence-electron chi connectivity index (χ2n) is 5.70. The molecule has 0 heterocycles. The van der Waals surface area contributed by atoms with Crippen molar-refractivity contribution in [3.8, 4) is 40.2 Å². The third-order valence-corrected chi connectivity index (χ3v) is 4.17. The maximum absolute atomic E-state index is 12.8. The average molecular weight is 404 g/mol. The van der Waals surface area contributed by atoms with Gasteiger partial charge in [0.1, 0.15) is 11.3 Å². The Kier molecular flexibility index (Phi) is 7.19. The van der Waals surface area contributed by atoms with E-state index in [-0.39, 0.29) is 28.6 Å². The molecule has 0 saturated heterocycles. The van der Waals surface area contributed by atoms with Crippen LogP contribution in [0.2, 0.25) is 0 Å². The van der Waals surface area contributed by atoms with E-state index >= 15 is 0 Å². The normalized spacial score (nSPS) is 10.6. The lowest BCUT2D eigenvalue weighted by molar-refractivity contribution is 0.104. The number of phenolic OH excluding ortho intramolecular Hbond substituents is 1. The van der Waals surface area contributed by atoms with Gasteiger partial charge < -0.3 is 33.5 Å². The first-order valence-corrected chi connectivity index (χ1v) is 8.49. The highest BCUT2D eigenvalue weighted by atomic mass is 16.5. The third-order valence-electron chi connectivity index (χ3n) is 4.17. The molecule has 2 rings (SSSR count). The Morgan fingerprint density at radius 1 is 0.724 bits per heavy atom. The van der Waals surface area contributed by atoms with Gasteiger partial charge >= 0.3 is 0 Å². The van der Waals surface area contributed by atoms with Crippen LogP contribution in [0.4, 0.5) is 0 Å². The summed E-state index contributed by atoms with van der Waals surface area (Å²) in [6.45, 7) is 0. The predicted octanol–water partition coefficient (Wildman–Crippen LogP) is 3.34. The summed E-state index contributed by atoms with van der Waals surface area (Å²) in [6.07, 6.45) is 2.85. The minimum absolute atomic E-state index is 0.0474. The van der Waals surface area contributed by atoms with E-state index in [9.17, 15) is 9.90 Å². The molecule has 0 aromatic heterocycles. The van der Waals surface area contributed by atoms with Crippen LogP contribution in [0.1, 0.15) is 15.9 Å². The summed E-state index contributed by atoms with van der Waals surface area (Å²) >= 11 is 0. The number of hydrogen-bond donors (Lipinski definition) is 1. The first-order chi connectivity index (χ1) is 13.9. The number of benzene rings is 2. The van der Waals surface area contributed by atoms with E-state index in [1.807, 2.05) is 0 Å². The lowest BCUT2D eigenvalue weighted by Crippen LogP contribution is -2.03. The number of phenols is 1. The van der Waals surface area contributed by atoms with Crippen molar-refractivity contribution in [3.05, 3.63) is 35.4 Å². The molecule has 0 radical (unpaired) electrons. The minimum atomic E-state index is -0.492. The van der Waals surface area contributed by atoms with Gasteiger partial charge in [-0.1, -0.05) is 6.08 Å². The summed E-state index contributed by atoms with van der Waals surface area (Å²) in [6, 6.07) is 4.68. The van der Waals surface area contributed by atoms with E-state index in [0.29, 0.717) is 22.8 Å². The second kappa shape index (κ2) is 9.59. The Morgan fingerprint density at radius 3 is 1.66 bits per heavy atom. The first-order valence-electron chi connectivity index (χ1n) is 8.49. The van der Waals surface area contributed by atoms with Crippen LogP contribution in [0.3, 0.4) is 0 Å². The highest BCUT2D eigenvalue weighted by molar-refractivity contribution is 6.11. The molecule has 8 nitrogen and oxygen atoms in total. The number of allylic oxidation sites excluding steroid dienone is 1. The summed E-state index contributed by atoms with van der Waals surface area (Å²) in [5.74, 6) is 1.08. The largest absolute Gasteiger partial charge is 0.507 e. The molecule has 0 fully saturated rings. The molecule has 156 valence electrons. The van der Waals surface area contributed by atoms with Gasteiger partial charge in [0.2, 0.25) is 11.5 Å². The lowest BCUT2D eigenvalue weighted by atomic mass is 10.0. The van der Waals surface area contributed by atoms with Crippen LogP contribution in [0.15, 0.2) is 24.3 Å². The summed E-state index contributed by atoms with van der Waals surface area (Å²) in [5, 5.41) is 10.3. The fourth-order valence-electron chi connectivity index (χ4n) is 2.83. The fraction of sp³-hybridized carbons (Fsp3) is 0.286. The quantitative estimate of drug-likeness (QED) is 0.503. The molecule has 29 heavy (non-hydrogen) atoms. The number of hydrogen-bond acceptors (Lipinski definition) is 8. The van der Waals surface area contributed by atoms with E-state index in [2.05, 4.69) is 0 Å². The van der Waals surface area contributed by atoms with Crippen molar-refractivity contribution in [2.45, 2.75) is 0 Å². The van der Waals surface area contributed by atoms with Crippen molar-refractivity contribution in [2.75, 3.05) is 42.7 Å². The highest BCUT2D eigenvalue weighted by Gasteiger charge is 2.24. The molecule has 0 unspecified atom stereocenters. The molecule has 0 bridgehead atoms. The zero-order valence-electron chi connectivity index (χ0n) is 17.2. The second-order valence-corrected chi connectivity index (χ2v) is 5.70. The van der Waals surface area contributed by atoms with Gasteiger partial charge in [0.25, 0.3) is 0 Å². The zero-order chi connectivity index (χ0) is 21.6. The van der Waals surface area contributed by atoms with Gasteiger partial charge in [-0.05, 0) is 23.8 Å². The maximum Gasteiger partial charge on any atom is 0.204 e. The molecule has 8 heteroatoms. The molecule has 0 atom stereocenters. The Bertz CT molecular complexity index is 892. The van der Waals surface area contributed by atoms with Crippen molar-refractivity contribution >= 4 is 11.9 Å². The number of methoxy groups -OCH3 is 6. The zero-order valence-corrected chi connectivity index (χ0v) is 17.2. The van der Waals surface area contributed by atoms with Crippen molar-refractivity contribution in [2.24, 2.45) is 0 Å². The Labute approximate surface area is 169 Å². The molecule has 1 N–H and O–H groups in total. The van der Waals surface area contributed by atoms with Crippen LogP contribution in [0.25, 0.3) is 6.08 Å². The van der Waals surface area contributed by atoms with Crippen molar-refractivity contribution in [1.82, 2.24) is 0 Å². The molecule has 0 saturated carbocycles. The smallest absolute Gasteiger partial charge is 0.204 e. The van der Waals surface area contributed by atoms with Crippen LogP contribution in [0.5, 0.6) is 40.2 Å². The van der Waals surface area contributed by atoms with Gasteiger partial charge in [-0.2, -0.15) is 0 Å². The van der Waals surface area contributed by atoms with E-state index in [0.717, 1.165) is 0 Å². The van der Waals surface area contributed by atoms with Crippen LogP contribution in [-0.4, -0.2) is 53.5 Å². The van der Waals surface area contributed by atoms with Crippen molar-refractivity contribution in [1.29, 1.82) is 0 Å². The number of aromatic hydroxyl groups is 1. The van der Waals surface area contributed by atoms with Crippen LogP contribution in [0, 0.1) is 0 Å². The third kappa shape index (κ3) is 4.31. The molecule has 0 aliphatic heterocycles. The Hall–Kier alpha value is -3.55. The SMILES string of the molecule is COc1cc(C=CC(=O)c2c(O)cc(OC)c(OC)c2OC)cc(OC)c1OC.